The number of carbonyl (C=O) groups excluding carboxylic acids is 2. The van der Waals surface area contributed by atoms with E-state index in [1.165, 1.54) is 11.8 Å². The van der Waals surface area contributed by atoms with E-state index in [-0.39, 0.29) is 59.9 Å². The molecule has 0 saturated carbocycles. The van der Waals surface area contributed by atoms with Crippen LogP contribution in [-0.4, -0.2) is 88.0 Å². The molecule has 5 rings (SSSR count). The molecule has 2 aromatic heterocycles. The first-order valence-electron chi connectivity index (χ1n) is 14.8. The lowest BCUT2D eigenvalue weighted by molar-refractivity contribution is 0.00563. The largest absolute Gasteiger partial charge is 0.464 e. The summed E-state index contributed by atoms with van der Waals surface area (Å²) in [6, 6.07) is 6.96. The predicted molar refractivity (Wildman–Crippen MR) is 167 cm³/mol. The van der Waals surface area contributed by atoms with Gasteiger partial charge in [0.05, 0.1) is 29.8 Å². The van der Waals surface area contributed by atoms with Gasteiger partial charge in [-0.25, -0.2) is 23.9 Å². The zero-order valence-electron chi connectivity index (χ0n) is 26.9. The van der Waals surface area contributed by atoms with Gasteiger partial charge in [-0.15, -0.1) is 0 Å². The maximum atomic E-state index is 15.7. The number of fused-ring (bicyclic) bond motifs is 2. The van der Waals surface area contributed by atoms with E-state index in [1.807, 2.05) is 46.8 Å². The van der Waals surface area contributed by atoms with Crippen molar-refractivity contribution in [2.24, 2.45) is 7.05 Å². The molecule has 1 fully saturated rings. The van der Waals surface area contributed by atoms with E-state index in [0.717, 1.165) is 5.69 Å². The SMILES string of the molecule is CCOC(=O)c1nc(-c2cc3cn(C)nc3c(F)c2OCOC)nc2ccc(N3C[C@@H](C)N(C(=O)OC(C)(C)C)[C@H](C)C3)cc12. The minimum atomic E-state index is -0.689. The van der Waals surface area contributed by atoms with E-state index < -0.39 is 17.4 Å². The molecule has 1 aliphatic rings. The fraction of sp³-hybridized carbons (Fsp3) is 0.469. The Kier molecular flexibility index (Phi) is 8.83. The number of halogens is 1. The topological polar surface area (TPSA) is 121 Å². The third kappa shape index (κ3) is 6.48. The van der Waals surface area contributed by atoms with Crippen molar-refractivity contribution in [2.45, 2.75) is 59.2 Å². The zero-order valence-corrected chi connectivity index (χ0v) is 26.9. The molecule has 0 aliphatic carbocycles. The Morgan fingerprint density at radius 2 is 1.80 bits per heavy atom. The molecule has 1 aliphatic heterocycles. The summed E-state index contributed by atoms with van der Waals surface area (Å²) in [7, 11) is 3.12. The number of methoxy groups -OCH3 is 1. The lowest BCUT2D eigenvalue weighted by atomic mass is 10.1. The molecule has 0 radical (unpaired) electrons. The first-order chi connectivity index (χ1) is 21.3. The number of rotatable bonds is 7. The van der Waals surface area contributed by atoms with Gasteiger partial charge in [-0.1, -0.05) is 0 Å². The van der Waals surface area contributed by atoms with Gasteiger partial charge in [-0.2, -0.15) is 5.10 Å². The third-order valence-corrected chi connectivity index (χ3v) is 7.41. The number of aromatic nitrogens is 4. The van der Waals surface area contributed by atoms with E-state index in [0.29, 0.717) is 29.4 Å². The van der Waals surface area contributed by atoms with Crippen LogP contribution in [-0.2, 0) is 21.3 Å². The van der Waals surface area contributed by atoms with Crippen molar-refractivity contribution < 1.29 is 32.9 Å². The summed E-state index contributed by atoms with van der Waals surface area (Å²) in [4.78, 5) is 39.5. The molecule has 1 amide bonds. The Balaban J connectivity index is 1.57. The molecule has 2 aromatic carbocycles. The Bertz CT molecular complexity index is 1740. The standard InChI is InChI=1S/C32H39FN6O6/c1-9-43-30(40)27-22-13-21(38-14-18(2)39(19(3)15-38)31(41)45-32(4,5)6)10-11-24(22)34-29(35-27)23-12-20-16-37(7)36-26(20)25(33)28(23)44-17-42-8/h10-13,16,18-19H,9,14-15,17H2,1-8H3/t18-,19-/m1/s1. The summed E-state index contributed by atoms with van der Waals surface area (Å²) in [5.41, 5.74) is 1.10. The van der Waals surface area contributed by atoms with Crippen LogP contribution >= 0.6 is 0 Å². The number of anilines is 1. The molecular formula is C32H39FN6O6. The average Bonchev–Trinajstić information content (AvgIpc) is 3.35. The van der Waals surface area contributed by atoms with Crippen molar-refractivity contribution >= 4 is 39.6 Å². The van der Waals surface area contributed by atoms with E-state index in [2.05, 4.69) is 15.0 Å². The highest BCUT2D eigenvalue weighted by atomic mass is 19.1. The van der Waals surface area contributed by atoms with Gasteiger partial charge in [0.2, 0.25) is 0 Å². The van der Waals surface area contributed by atoms with Gasteiger partial charge in [0.1, 0.15) is 11.1 Å². The molecule has 13 heteroatoms. The van der Waals surface area contributed by atoms with E-state index in [1.54, 1.807) is 37.2 Å². The number of piperazine rings is 1. The second-order valence-corrected chi connectivity index (χ2v) is 12.2. The monoisotopic (exact) mass is 622 g/mol. The second kappa shape index (κ2) is 12.5. The molecule has 0 unspecified atom stereocenters. The second-order valence-electron chi connectivity index (χ2n) is 12.2. The summed E-state index contributed by atoms with van der Waals surface area (Å²) >= 11 is 0. The lowest BCUT2D eigenvalue weighted by Gasteiger charge is -2.45. The molecule has 45 heavy (non-hydrogen) atoms. The van der Waals surface area contributed by atoms with Crippen LogP contribution in [0.2, 0.25) is 0 Å². The van der Waals surface area contributed by atoms with Crippen molar-refractivity contribution in [1.29, 1.82) is 0 Å². The number of esters is 1. The fourth-order valence-electron chi connectivity index (χ4n) is 5.65. The van der Waals surface area contributed by atoms with Gasteiger partial charge in [0.15, 0.2) is 29.9 Å². The maximum Gasteiger partial charge on any atom is 0.410 e. The number of aryl methyl sites for hydroxylation is 1. The molecule has 12 nitrogen and oxygen atoms in total. The smallest absolute Gasteiger partial charge is 0.410 e. The van der Waals surface area contributed by atoms with Crippen LogP contribution < -0.4 is 9.64 Å². The van der Waals surface area contributed by atoms with Crippen LogP contribution in [0.5, 0.6) is 5.75 Å². The quantitative estimate of drug-likeness (QED) is 0.198. The fourth-order valence-corrected chi connectivity index (χ4v) is 5.65. The maximum absolute atomic E-state index is 15.7. The van der Waals surface area contributed by atoms with Gasteiger partial charge in [0.25, 0.3) is 0 Å². The van der Waals surface area contributed by atoms with Gasteiger partial charge in [-0.3, -0.25) is 9.58 Å². The number of amides is 1. The van der Waals surface area contributed by atoms with Crippen LogP contribution in [0.4, 0.5) is 14.9 Å². The van der Waals surface area contributed by atoms with Crippen molar-refractivity contribution in [3.05, 3.63) is 42.0 Å². The normalized spacial score (nSPS) is 17.2. The molecule has 0 N–H and O–H groups in total. The van der Waals surface area contributed by atoms with E-state index >= 15 is 4.39 Å². The Morgan fingerprint density at radius 1 is 1.09 bits per heavy atom. The molecule has 3 heterocycles. The lowest BCUT2D eigenvalue weighted by Crippen LogP contribution is -2.59. The van der Waals surface area contributed by atoms with Crippen molar-refractivity contribution in [1.82, 2.24) is 24.6 Å². The molecule has 0 spiro atoms. The summed E-state index contributed by atoms with van der Waals surface area (Å²) in [5.74, 6) is -1.38. The van der Waals surface area contributed by atoms with Crippen LogP contribution in [0, 0.1) is 5.82 Å². The number of hydrogen-bond acceptors (Lipinski definition) is 10. The Labute approximate surface area is 261 Å². The first kappa shape index (κ1) is 31.9. The number of nitrogens with zero attached hydrogens (tertiary/aromatic N) is 6. The van der Waals surface area contributed by atoms with Crippen molar-refractivity contribution in [2.75, 3.05) is 38.5 Å². The van der Waals surface area contributed by atoms with Gasteiger partial charge < -0.3 is 23.8 Å². The molecule has 4 aromatic rings. The van der Waals surface area contributed by atoms with E-state index in [4.69, 9.17) is 23.9 Å². The van der Waals surface area contributed by atoms with Gasteiger partial charge >= 0.3 is 12.1 Å². The molecule has 1 saturated heterocycles. The minimum Gasteiger partial charge on any atom is -0.464 e. The molecular weight excluding hydrogens is 583 g/mol. The van der Waals surface area contributed by atoms with Crippen molar-refractivity contribution in [3.8, 4) is 17.1 Å². The summed E-state index contributed by atoms with van der Waals surface area (Å²) < 4.78 is 38.9. The van der Waals surface area contributed by atoms with Gasteiger partial charge in [0, 0.05) is 49.9 Å². The molecule has 240 valence electrons. The summed E-state index contributed by atoms with van der Waals surface area (Å²) in [6.45, 7) is 12.2. The number of hydrogen-bond donors (Lipinski definition) is 0. The van der Waals surface area contributed by atoms with Crippen molar-refractivity contribution in [3.63, 3.8) is 0 Å². The highest BCUT2D eigenvalue weighted by molar-refractivity contribution is 6.03. The van der Waals surface area contributed by atoms with Crippen LogP contribution in [0.3, 0.4) is 0 Å². The molecule has 2 atom stereocenters. The van der Waals surface area contributed by atoms with Crippen LogP contribution in [0.1, 0.15) is 52.0 Å². The zero-order chi connectivity index (χ0) is 32.6. The predicted octanol–water partition coefficient (Wildman–Crippen LogP) is 5.32. The van der Waals surface area contributed by atoms with Gasteiger partial charge in [-0.05, 0) is 65.8 Å². The summed E-state index contributed by atoms with van der Waals surface area (Å²) in [6.07, 6.45) is 1.33. The van der Waals surface area contributed by atoms with E-state index in [9.17, 15) is 9.59 Å². The third-order valence-electron chi connectivity index (χ3n) is 7.41. The Morgan fingerprint density at radius 3 is 2.44 bits per heavy atom. The number of benzene rings is 2. The molecule has 0 bridgehead atoms. The Hall–Kier alpha value is -4.52. The highest BCUT2D eigenvalue weighted by Gasteiger charge is 2.36. The minimum absolute atomic E-state index is 0.0385. The van der Waals surface area contributed by atoms with Crippen LogP contribution in [0.25, 0.3) is 33.2 Å². The summed E-state index contributed by atoms with van der Waals surface area (Å²) in [5, 5.41) is 5.20. The van der Waals surface area contributed by atoms with Crippen LogP contribution in [0.15, 0.2) is 30.5 Å². The average molecular weight is 623 g/mol. The first-order valence-corrected chi connectivity index (χ1v) is 14.8. The number of ether oxygens (including phenoxy) is 4. The highest BCUT2D eigenvalue weighted by Crippen LogP contribution is 2.37. The number of carbonyl (C=O) groups is 2.